The number of ether oxygens (including phenoxy) is 2. The number of carbonyl (C=O) groups is 3. The lowest BCUT2D eigenvalue weighted by molar-refractivity contribution is -0.138. The summed E-state index contributed by atoms with van der Waals surface area (Å²) in [7, 11) is 1.13. The molecule has 0 aromatic heterocycles. The van der Waals surface area contributed by atoms with Crippen LogP contribution in [0.25, 0.3) is 0 Å². The van der Waals surface area contributed by atoms with Gasteiger partial charge in [0.05, 0.1) is 18.4 Å². The molecular formula is C24H32F3N3O6. The Labute approximate surface area is 207 Å². The lowest BCUT2D eigenvalue weighted by Gasteiger charge is -2.43. The van der Waals surface area contributed by atoms with Gasteiger partial charge in [0.1, 0.15) is 11.3 Å². The van der Waals surface area contributed by atoms with Crippen LogP contribution in [0, 0.1) is 5.92 Å². The number of benzene rings is 1. The highest BCUT2D eigenvalue weighted by Gasteiger charge is 2.58. The summed E-state index contributed by atoms with van der Waals surface area (Å²) in [5.74, 6) is -0.218. The second-order valence-corrected chi connectivity index (χ2v) is 9.04. The van der Waals surface area contributed by atoms with Gasteiger partial charge >= 0.3 is 12.2 Å². The van der Waals surface area contributed by atoms with Gasteiger partial charge in [0.25, 0.3) is 12.4 Å². The maximum absolute atomic E-state index is 13.6. The van der Waals surface area contributed by atoms with Crippen molar-refractivity contribution in [3.63, 3.8) is 0 Å². The minimum Gasteiger partial charge on any atom is -0.496 e. The second-order valence-electron chi connectivity index (χ2n) is 9.04. The van der Waals surface area contributed by atoms with E-state index in [1.807, 2.05) is 6.92 Å². The van der Waals surface area contributed by atoms with Crippen LogP contribution in [0.3, 0.4) is 0 Å². The van der Waals surface area contributed by atoms with Crippen molar-refractivity contribution >= 4 is 24.1 Å². The third-order valence-corrected chi connectivity index (χ3v) is 7.15. The van der Waals surface area contributed by atoms with Crippen molar-refractivity contribution in [1.29, 1.82) is 0 Å². The summed E-state index contributed by atoms with van der Waals surface area (Å²) in [6.45, 7) is 5.81. The van der Waals surface area contributed by atoms with Gasteiger partial charge in [-0.2, -0.15) is 13.2 Å². The summed E-state index contributed by atoms with van der Waals surface area (Å²) in [5, 5.41) is 6.89. The number of nitrogens with zero attached hydrogens (tertiary/aromatic N) is 3. The molecule has 3 amide bonds. The molecule has 1 N–H and O–H groups in total. The Bertz CT molecular complexity index is 944. The fraction of sp³-hybridized carbons (Fsp3) is 0.625. The number of likely N-dealkylation sites (tertiary alicyclic amines) is 1. The maximum atomic E-state index is 13.6. The van der Waals surface area contributed by atoms with Crippen molar-refractivity contribution in [3.05, 3.63) is 23.8 Å². The minimum atomic E-state index is -4.60. The summed E-state index contributed by atoms with van der Waals surface area (Å²) >= 11 is 0. The van der Waals surface area contributed by atoms with E-state index in [4.69, 9.17) is 19.4 Å². The molecule has 0 saturated carbocycles. The van der Waals surface area contributed by atoms with E-state index in [1.54, 1.807) is 4.90 Å². The molecule has 1 aromatic rings. The van der Waals surface area contributed by atoms with Crippen LogP contribution in [0.5, 0.6) is 5.75 Å². The van der Waals surface area contributed by atoms with Crippen LogP contribution in [-0.2, 0) is 20.5 Å². The molecule has 200 valence electrons. The molecule has 12 heteroatoms. The SMILES string of the molecule is CCN1C(=O)N(c2ccc(C(F)(F)F)c(OC)c2)C(=O)C12CCN(CC1CCOCC1)CC2.O=CO. The van der Waals surface area contributed by atoms with Gasteiger partial charge in [-0.25, -0.2) is 9.69 Å². The number of carboxylic acid groups (broad SMARTS) is 1. The standard InChI is InChI=1S/C23H30F3N3O4.CH2O2/c1-3-28-21(31)29(17-4-5-18(23(24,25)26)19(14-17)32-2)20(30)22(28)8-10-27(11-9-22)15-16-6-12-33-13-7-16;2-1-3/h4-5,14,16H,3,6-13,15H2,1-2H3;1H,(H,2,3). The van der Waals surface area contributed by atoms with Gasteiger partial charge in [0.15, 0.2) is 0 Å². The van der Waals surface area contributed by atoms with Gasteiger partial charge in [0.2, 0.25) is 0 Å². The Kier molecular flexibility index (Phi) is 8.83. The van der Waals surface area contributed by atoms with E-state index in [1.165, 1.54) is 0 Å². The number of urea groups is 1. The Morgan fingerprint density at radius 2 is 1.81 bits per heavy atom. The number of imide groups is 1. The summed E-state index contributed by atoms with van der Waals surface area (Å²) in [5.41, 5.74) is -1.82. The molecule has 0 radical (unpaired) electrons. The van der Waals surface area contributed by atoms with Crippen molar-refractivity contribution in [2.75, 3.05) is 51.4 Å². The smallest absolute Gasteiger partial charge is 0.419 e. The number of likely N-dealkylation sites (N-methyl/N-ethyl adjacent to an activating group) is 1. The molecule has 3 saturated heterocycles. The predicted octanol–water partition coefficient (Wildman–Crippen LogP) is 3.46. The fourth-order valence-electron chi connectivity index (χ4n) is 5.32. The summed E-state index contributed by atoms with van der Waals surface area (Å²) < 4.78 is 50.1. The predicted molar refractivity (Wildman–Crippen MR) is 124 cm³/mol. The molecular weight excluding hydrogens is 483 g/mol. The fourth-order valence-corrected chi connectivity index (χ4v) is 5.32. The number of rotatable bonds is 5. The number of piperidine rings is 1. The third kappa shape index (κ3) is 5.44. The average molecular weight is 516 g/mol. The van der Waals surface area contributed by atoms with E-state index in [-0.39, 0.29) is 18.1 Å². The highest BCUT2D eigenvalue weighted by Crippen LogP contribution is 2.43. The highest BCUT2D eigenvalue weighted by molar-refractivity contribution is 6.23. The van der Waals surface area contributed by atoms with Crippen molar-refractivity contribution < 1.29 is 42.1 Å². The third-order valence-electron chi connectivity index (χ3n) is 7.15. The first-order valence-electron chi connectivity index (χ1n) is 11.9. The molecule has 0 atom stereocenters. The van der Waals surface area contributed by atoms with Crippen LogP contribution in [0.15, 0.2) is 18.2 Å². The molecule has 1 aromatic carbocycles. The van der Waals surface area contributed by atoms with Gasteiger partial charge in [-0.3, -0.25) is 9.59 Å². The number of halogens is 3. The van der Waals surface area contributed by atoms with Gasteiger partial charge in [-0.05, 0) is 50.7 Å². The first kappa shape index (κ1) is 27.7. The van der Waals surface area contributed by atoms with Gasteiger partial charge < -0.3 is 24.4 Å². The Morgan fingerprint density at radius 1 is 1.19 bits per heavy atom. The lowest BCUT2D eigenvalue weighted by atomic mass is 9.85. The van der Waals surface area contributed by atoms with E-state index in [2.05, 4.69) is 4.90 Å². The van der Waals surface area contributed by atoms with E-state index < -0.39 is 29.1 Å². The van der Waals surface area contributed by atoms with Crippen LogP contribution in [-0.4, -0.2) is 85.4 Å². The number of amides is 3. The number of hydrogen-bond acceptors (Lipinski definition) is 6. The molecule has 3 aliphatic rings. The normalized spacial score (nSPS) is 20.9. The topological polar surface area (TPSA) is 99.6 Å². The Morgan fingerprint density at radius 3 is 2.33 bits per heavy atom. The van der Waals surface area contributed by atoms with Gasteiger partial charge in [-0.1, -0.05) is 0 Å². The monoisotopic (exact) mass is 515 g/mol. The molecule has 3 aliphatic heterocycles. The molecule has 1 spiro atoms. The van der Waals surface area contributed by atoms with Crippen LogP contribution in [0.1, 0.15) is 38.2 Å². The van der Waals surface area contributed by atoms with E-state index in [0.29, 0.717) is 38.4 Å². The molecule has 0 bridgehead atoms. The van der Waals surface area contributed by atoms with Gasteiger partial charge in [-0.15, -0.1) is 0 Å². The molecule has 3 heterocycles. The molecule has 9 nitrogen and oxygen atoms in total. The molecule has 0 unspecified atom stereocenters. The van der Waals surface area contributed by atoms with Crippen LogP contribution in [0.2, 0.25) is 0 Å². The minimum absolute atomic E-state index is 0.0924. The van der Waals surface area contributed by atoms with Gasteiger partial charge in [0, 0.05) is 45.5 Å². The van der Waals surface area contributed by atoms with Crippen molar-refractivity contribution in [2.45, 2.75) is 44.3 Å². The first-order valence-corrected chi connectivity index (χ1v) is 11.9. The maximum Gasteiger partial charge on any atom is 0.419 e. The number of anilines is 1. The zero-order chi connectivity index (χ0) is 26.5. The second kappa shape index (κ2) is 11.5. The van der Waals surface area contributed by atoms with Crippen molar-refractivity contribution in [3.8, 4) is 5.75 Å². The first-order chi connectivity index (χ1) is 17.1. The summed E-state index contributed by atoms with van der Waals surface area (Å²) in [6, 6.07) is 2.63. The van der Waals surface area contributed by atoms with E-state index >= 15 is 0 Å². The lowest BCUT2D eigenvalue weighted by Crippen LogP contribution is -2.57. The summed E-state index contributed by atoms with van der Waals surface area (Å²) in [4.78, 5) is 40.1. The zero-order valence-electron chi connectivity index (χ0n) is 20.4. The largest absolute Gasteiger partial charge is 0.496 e. The summed E-state index contributed by atoms with van der Waals surface area (Å²) in [6.07, 6.45) is -1.53. The Hall–Kier alpha value is -2.86. The van der Waals surface area contributed by atoms with Crippen LogP contribution < -0.4 is 9.64 Å². The molecule has 36 heavy (non-hydrogen) atoms. The molecule has 3 fully saturated rings. The zero-order valence-corrected chi connectivity index (χ0v) is 20.4. The Balaban J connectivity index is 0.00000115. The van der Waals surface area contributed by atoms with E-state index in [0.717, 1.165) is 62.8 Å². The quantitative estimate of drug-likeness (QED) is 0.474. The van der Waals surface area contributed by atoms with Crippen LogP contribution >= 0.6 is 0 Å². The number of alkyl halides is 3. The van der Waals surface area contributed by atoms with Crippen molar-refractivity contribution in [2.24, 2.45) is 5.92 Å². The highest BCUT2D eigenvalue weighted by atomic mass is 19.4. The average Bonchev–Trinajstić information content (AvgIpc) is 3.05. The van der Waals surface area contributed by atoms with E-state index in [9.17, 15) is 22.8 Å². The van der Waals surface area contributed by atoms with Crippen LogP contribution in [0.4, 0.5) is 23.7 Å². The molecule has 0 aliphatic carbocycles. The molecule has 4 rings (SSSR count). The number of methoxy groups -OCH3 is 1. The van der Waals surface area contributed by atoms with Crippen molar-refractivity contribution in [1.82, 2.24) is 9.80 Å². The number of carbonyl (C=O) groups excluding carboxylic acids is 2. The number of hydrogen-bond donors (Lipinski definition) is 1.